The van der Waals surface area contributed by atoms with Gasteiger partial charge in [0.05, 0.1) is 0 Å². The zero-order valence-electron chi connectivity index (χ0n) is 6.37. The summed E-state index contributed by atoms with van der Waals surface area (Å²) in [6, 6.07) is 0. The van der Waals surface area contributed by atoms with E-state index in [9.17, 15) is 18.3 Å². The van der Waals surface area contributed by atoms with Crippen LogP contribution in [0.3, 0.4) is 0 Å². The zero-order valence-corrected chi connectivity index (χ0v) is 9.95. The van der Waals surface area contributed by atoms with E-state index in [0.717, 1.165) is 0 Å². The lowest BCUT2D eigenvalue weighted by Crippen LogP contribution is -2.37. The minimum absolute atomic E-state index is 2.64. The third kappa shape index (κ3) is 2.64. The molecule has 0 amide bonds. The van der Waals surface area contributed by atoms with Gasteiger partial charge in [-0.15, -0.1) is 0 Å². The second-order valence-corrected chi connectivity index (χ2v) is 5.75. The minimum Gasteiger partial charge on any atom is -0.00621 e. The second-order valence-electron chi connectivity index (χ2n) is 1.92. The largest absolute Gasteiger partial charge is 0.756 e. The summed E-state index contributed by atoms with van der Waals surface area (Å²) in [5.74, 6) is 0. The Balaban J connectivity index is 2.24. The minimum atomic E-state index is -2.86. The Kier molecular flexibility index (Phi) is 3.26. The van der Waals surface area contributed by atoms with Gasteiger partial charge in [0.1, 0.15) is 0 Å². The fourth-order valence-corrected chi connectivity index (χ4v) is 3.58. The second kappa shape index (κ2) is 4.20. The van der Waals surface area contributed by atoms with Gasteiger partial charge in [-0.05, 0) is 18.1 Å². The quantitative estimate of drug-likeness (QED) is 0.615. The summed E-state index contributed by atoms with van der Waals surface area (Å²) in [6.45, 7) is 0. The van der Waals surface area contributed by atoms with Gasteiger partial charge in [-0.3, -0.25) is 0 Å². The van der Waals surface area contributed by atoms with Crippen LogP contribution in [0.15, 0.2) is 0 Å². The molecule has 14 heteroatoms. The van der Waals surface area contributed by atoms with Crippen LogP contribution >= 0.6 is 33.0 Å². The first-order chi connectivity index (χ1) is 6.99. The van der Waals surface area contributed by atoms with Crippen LogP contribution in [0.5, 0.6) is 0 Å². The topological polar surface area (TPSA) is 124 Å². The first-order valence-electron chi connectivity index (χ1n) is 3.01. The molecule has 4 unspecified atom stereocenters. The van der Waals surface area contributed by atoms with E-state index >= 15 is 0 Å². The summed E-state index contributed by atoms with van der Waals surface area (Å²) in [7, 11) is -11.4. The fraction of sp³-hybridized carbons (Fsp3) is 1.00. The highest BCUT2D eigenvalue weighted by atomic mass is 31.2. The van der Waals surface area contributed by atoms with Crippen molar-refractivity contribution < 1.29 is 45.0 Å². The van der Waals surface area contributed by atoms with Crippen molar-refractivity contribution in [1.82, 2.24) is 0 Å². The molecule has 80 valence electrons. The molecular formula is CO10P4+4. The summed E-state index contributed by atoms with van der Waals surface area (Å²) in [5, 5.41) is 0. The number of hydrogen-bond acceptors (Lipinski definition) is 10. The Hall–Kier alpha value is 0.160. The van der Waals surface area contributed by atoms with Gasteiger partial charge < -0.3 is 0 Å². The summed E-state index contributed by atoms with van der Waals surface area (Å²) < 4.78 is 68.6. The Labute approximate surface area is 84.9 Å². The lowest BCUT2D eigenvalue weighted by molar-refractivity contribution is -0.380. The van der Waals surface area contributed by atoms with Crippen molar-refractivity contribution in [2.75, 3.05) is 0 Å². The molecule has 2 heterocycles. The van der Waals surface area contributed by atoms with E-state index in [1.54, 1.807) is 0 Å². The first kappa shape index (κ1) is 11.6. The molecule has 0 bridgehead atoms. The van der Waals surface area contributed by atoms with Crippen molar-refractivity contribution >= 4 is 33.0 Å². The monoisotopic (exact) mass is 296 g/mol. The molecule has 4 atom stereocenters. The van der Waals surface area contributed by atoms with Crippen LogP contribution in [-0.4, -0.2) is 6.16 Å². The molecule has 0 aromatic rings. The van der Waals surface area contributed by atoms with Crippen LogP contribution in [0.25, 0.3) is 0 Å². The van der Waals surface area contributed by atoms with Gasteiger partial charge in [0.25, 0.3) is 0 Å². The van der Waals surface area contributed by atoms with E-state index in [1.165, 1.54) is 0 Å². The van der Waals surface area contributed by atoms with E-state index in [2.05, 4.69) is 26.7 Å². The SMILES string of the molecule is O=[P+]1O[P+](=O)OC2(O1)O[P+](=O)O[P+](=O)O2. The highest BCUT2D eigenvalue weighted by Gasteiger charge is 2.78. The summed E-state index contributed by atoms with van der Waals surface area (Å²) >= 11 is 0. The normalized spacial score (nSPS) is 42.1. The molecular weight excluding hydrogens is 296 g/mol. The molecule has 2 aliphatic rings. The summed E-state index contributed by atoms with van der Waals surface area (Å²) in [6.07, 6.45) is -2.64. The average molecular weight is 296 g/mol. The van der Waals surface area contributed by atoms with E-state index in [0.29, 0.717) is 0 Å². The number of hydrogen-bond donors (Lipinski definition) is 0. The maximum Gasteiger partial charge on any atom is 0.756 e. The highest BCUT2D eigenvalue weighted by molar-refractivity contribution is 7.49. The van der Waals surface area contributed by atoms with Gasteiger partial charge in [-0.2, -0.15) is 0 Å². The van der Waals surface area contributed by atoms with Crippen molar-refractivity contribution in [3.63, 3.8) is 0 Å². The lowest BCUT2D eigenvalue weighted by atomic mass is 11.2. The fourth-order valence-electron chi connectivity index (χ4n) is 0.641. The molecule has 0 aliphatic carbocycles. The molecule has 2 fully saturated rings. The Morgan fingerprint density at radius 3 is 1.13 bits per heavy atom. The van der Waals surface area contributed by atoms with Crippen molar-refractivity contribution in [1.29, 1.82) is 0 Å². The molecule has 1 spiro atoms. The maximum atomic E-state index is 10.8. The predicted molar refractivity (Wildman–Crippen MR) is 39.7 cm³/mol. The zero-order chi connectivity index (χ0) is 11.1. The third-order valence-corrected chi connectivity index (χ3v) is 4.64. The Morgan fingerprint density at radius 1 is 0.600 bits per heavy atom. The molecule has 0 saturated carbocycles. The first-order valence-corrected chi connectivity index (χ1v) is 7.39. The van der Waals surface area contributed by atoms with E-state index in [-0.39, 0.29) is 0 Å². The maximum absolute atomic E-state index is 10.8. The van der Waals surface area contributed by atoms with Crippen molar-refractivity contribution in [3.05, 3.63) is 0 Å². The number of rotatable bonds is 0. The Bertz CT molecular complexity index is 300. The summed E-state index contributed by atoms with van der Waals surface area (Å²) in [4.78, 5) is 0. The van der Waals surface area contributed by atoms with Crippen LogP contribution < -0.4 is 0 Å². The van der Waals surface area contributed by atoms with Crippen LogP contribution in [0.1, 0.15) is 0 Å². The lowest BCUT2D eigenvalue weighted by Gasteiger charge is -2.08. The van der Waals surface area contributed by atoms with Crippen molar-refractivity contribution in [2.24, 2.45) is 0 Å². The van der Waals surface area contributed by atoms with E-state index in [4.69, 9.17) is 0 Å². The smallest absolute Gasteiger partial charge is 0.00621 e. The van der Waals surface area contributed by atoms with E-state index in [1.807, 2.05) is 0 Å². The predicted octanol–water partition coefficient (Wildman–Crippen LogP) is 2.35. The van der Waals surface area contributed by atoms with Gasteiger partial charge in [0, 0.05) is 18.3 Å². The molecule has 10 nitrogen and oxygen atoms in total. The van der Waals surface area contributed by atoms with Crippen LogP contribution in [0.4, 0.5) is 0 Å². The van der Waals surface area contributed by atoms with Crippen LogP contribution in [0.2, 0.25) is 0 Å². The summed E-state index contributed by atoms with van der Waals surface area (Å²) in [5.41, 5.74) is 0. The Morgan fingerprint density at radius 2 is 0.867 bits per heavy atom. The van der Waals surface area contributed by atoms with Gasteiger partial charge in [0.15, 0.2) is 8.62 Å². The molecule has 2 rings (SSSR count). The molecule has 15 heavy (non-hydrogen) atoms. The molecule has 2 saturated heterocycles. The highest BCUT2D eigenvalue weighted by Crippen LogP contribution is 2.61. The van der Waals surface area contributed by atoms with Gasteiger partial charge >= 0.3 is 39.2 Å². The standard InChI is InChI=1S/CO10P4/c2-12-6-1(7-13(3)10-12)8-14(4)11-15(5)9-1/q+4. The molecule has 0 N–H and O–H groups in total. The molecule has 0 aromatic heterocycles. The van der Waals surface area contributed by atoms with Crippen LogP contribution in [-0.2, 0) is 45.0 Å². The van der Waals surface area contributed by atoms with Gasteiger partial charge in [-0.25, -0.2) is 0 Å². The van der Waals surface area contributed by atoms with Crippen LogP contribution in [0, 0.1) is 0 Å². The molecule has 0 radical (unpaired) electrons. The average Bonchev–Trinajstić information content (AvgIpc) is 1.96. The van der Waals surface area contributed by atoms with E-state index < -0.39 is 39.2 Å². The van der Waals surface area contributed by atoms with Gasteiger partial charge in [0.2, 0.25) is 0 Å². The third-order valence-electron chi connectivity index (χ3n) is 1.01. The van der Waals surface area contributed by atoms with Crippen molar-refractivity contribution in [2.45, 2.75) is 6.16 Å². The molecule has 2 aliphatic heterocycles. The van der Waals surface area contributed by atoms with Gasteiger partial charge in [-0.1, -0.05) is 0 Å². The molecule has 0 aromatic carbocycles. The van der Waals surface area contributed by atoms with Crippen molar-refractivity contribution in [3.8, 4) is 0 Å².